The van der Waals surface area contributed by atoms with Gasteiger partial charge in [-0.3, -0.25) is 9.69 Å². The van der Waals surface area contributed by atoms with Crippen molar-refractivity contribution in [3.63, 3.8) is 0 Å². The summed E-state index contributed by atoms with van der Waals surface area (Å²) >= 11 is 0. The Kier molecular flexibility index (Phi) is 4.19. The Morgan fingerprint density at radius 3 is 2.65 bits per heavy atom. The van der Waals surface area contributed by atoms with E-state index in [9.17, 15) is 26.7 Å². The molecule has 1 amide bonds. The lowest BCUT2D eigenvalue weighted by molar-refractivity contribution is -0.270. The Morgan fingerprint density at radius 1 is 1.30 bits per heavy atom. The third-order valence-electron chi connectivity index (χ3n) is 3.59. The maximum Gasteiger partial charge on any atom is 0.463 e. The van der Waals surface area contributed by atoms with E-state index in [4.69, 9.17) is 4.74 Å². The van der Waals surface area contributed by atoms with Gasteiger partial charge < -0.3 is 10.1 Å². The van der Waals surface area contributed by atoms with Gasteiger partial charge in [0.25, 0.3) is 5.91 Å². The van der Waals surface area contributed by atoms with Crippen LogP contribution in [-0.4, -0.2) is 61.3 Å². The van der Waals surface area contributed by atoms with Crippen LogP contribution in [0.15, 0.2) is 0 Å². The first-order valence-corrected chi connectivity index (χ1v) is 6.30. The van der Waals surface area contributed by atoms with E-state index in [-0.39, 0.29) is 6.54 Å². The Balaban J connectivity index is 1.82. The lowest BCUT2D eigenvalue weighted by atomic mass is 10.2. The largest absolute Gasteiger partial charge is 0.463 e. The fourth-order valence-corrected chi connectivity index (χ4v) is 2.46. The highest BCUT2D eigenvalue weighted by atomic mass is 19.4. The third-order valence-corrected chi connectivity index (χ3v) is 3.59. The van der Waals surface area contributed by atoms with Gasteiger partial charge in [-0.2, -0.15) is 22.0 Å². The van der Waals surface area contributed by atoms with Crippen molar-refractivity contribution in [2.45, 2.75) is 37.1 Å². The van der Waals surface area contributed by atoms with Gasteiger partial charge in [0, 0.05) is 19.1 Å². The van der Waals surface area contributed by atoms with Crippen LogP contribution in [0.5, 0.6) is 0 Å². The highest BCUT2D eigenvalue weighted by Crippen LogP contribution is 2.35. The van der Waals surface area contributed by atoms with Gasteiger partial charge in [0.2, 0.25) is 0 Å². The Morgan fingerprint density at radius 2 is 2.00 bits per heavy atom. The third kappa shape index (κ3) is 3.03. The van der Waals surface area contributed by atoms with E-state index in [2.05, 4.69) is 4.90 Å². The van der Waals surface area contributed by atoms with E-state index in [1.807, 2.05) is 0 Å². The van der Waals surface area contributed by atoms with Crippen LogP contribution in [0.3, 0.4) is 0 Å². The number of rotatable bonds is 3. The number of halogens is 5. The highest BCUT2D eigenvalue weighted by molar-refractivity contribution is 5.84. The average Bonchev–Trinajstić information content (AvgIpc) is 2.81. The van der Waals surface area contributed by atoms with Gasteiger partial charge in [0.05, 0.1) is 12.7 Å². The molecule has 20 heavy (non-hydrogen) atoms. The molecular weight excluding hydrogens is 287 g/mol. The summed E-state index contributed by atoms with van der Waals surface area (Å²) in [6.07, 6.45) is -4.44. The lowest BCUT2D eigenvalue weighted by Gasteiger charge is -2.35. The molecule has 4 nitrogen and oxygen atoms in total. The van der Waals surface area contributed by atoms with Crippen molar-refractivity contribution in [1.29, 1.82) is 0 Å². The zero-order valence-electron chi connectivity index (χ0n) is 10.6. The number of nitrogens with zero attached hydrogens (tertiary/aromatic N) is 1. The highest BCUT2D eigenvalue weighted by Gasteiger charge is 2.63. The van der Waals surface area contributed by atoms with Crippen LogP contribution in [0.4, 0.5) is 22.0 Å². The Labute approximate surface area is 112 Å². The molecule has 116 valence electrons. The van der Waals surface area contributed by atoms with E-state index in [0.717, 1.165) is 19.4 Å². The summed E-state index contributed by atoms with van der Waals surface area (Å²) in [6, 6.07) is 0.290. The number of nitrogens with one attached hydrogen (secondary N) is 1. The normalized spacial score (nSPS) is 28.2. The molecule has 0 bridgehead atoms. The summed E-state index contributed by atoms with van der Waals surface area (Å²) in [4.78, 5) is 13.0. The molecule has 2 heterocycles. The molecule has 0 aromatic heterocycles. The molecule has 2 saturated heterocycles. The smallest absolute Gasteiger partial charge is 0.373 e. The standard InChI is InChI=1S/C11H15F5N2O2/c12-10(13,11(14,15)16)9(19)17-4-8-5-18-3-1-2-7(18)6-20-8/h7-8H,1-6H2,(H,17,19). The summed E-state index contributed by atoms with van der Waals surface area (Å²) in [5, 5.41) is 1.62. The number of ether oxygens (including phenoxy) is 1. The SMILES string of the molecule is O=C(NCC1CN2CCCC2CO1)C(F)(F)C(F)(F)F. The number of hydrogen-bond acceptors (Lipinski definition) is 3. The number of alkyl halides is 5. The second kappa shape index (κ2) is 5.44. The summed E-state index contributed by atoms with van der Waals surface area (Å²) in [6.45, 7) is 1.35. The maximum absolute atomic E-state index is 12.7. The molecular formula is C11H15F5N2O2. The van der Waals surface area contributed by atoms with Crippen molar-refractivity contribution >= 4 is 5.91 Å². The first kappa shape index (κ1) is 15.4. The van der Waals surface area contributed by atoms with Crippen molar-refractivity contribution in [3.8, 4) is 0 Å². The molecule has 0 aromatic carbocycles. The molecule has 2 aliphatic rings. The molecule has 2 fully saturated rings. The second-order valence-electron chi connectivity index (χ2n) is 5.03. The summed E-state index contributed by atoms with van der Waals surface area (Å²) in [5.74, 6) is -7.71. The fourth-order valence-electron chi connectivity index (χ4n) is 2.46. The number of carbonyl (C=O) groups excluding carboxylic acids is 1. The summed E-state index contributed by atoms with van der Waals surface area (Å²) in [5.41, 5.74) is 0. The monoisotopic (exact) mass is 302 g/mol. The maximum atomic E-state index is 12.7. The second-order valence-corrected chi connectivity index (χ2v) is 5.03. The quantitative estimate of drug-likeness (QED) is 0.796. The lowest BCUT2D eigenvalue weighted by Crippen LogP contribution is -2.54. The first-order valence-electron chi connectivity index (χ1n) is 6.30. The van der Waals surface area contributed by atoms with Crippen molar-refractivity contribution in [2.75, 3.05) is 26.2 Å². The van der Waals surface area contributed by atoms with E-state index >= 15 is 0 Å². The number of morpholine rings is 1. The van der Waals surface area contributed by atoms with Crippen molar-refractivity contribution < 1.29 is 31.5 Å². The van der Waals surface area contributed by atoms with Crippen molar-refractivity contribution in [3.05, 3.63) is 0 Å². The summed E-state index contributed by atoms with van der Waals surface area (Å²) < 4.78 is 66.7. The van der Waals surface area contributed by atoms with Gasteiger partial charge in [-0.15, -0.1) is 0 Å². The minimum absolute atomic E-state index is 0.290. The van der Waals surface area contributed by atoms with Gasteiger partial charge in [0.1, 0.15) is 0 Å². The average molecular weight is 302 g/mol. The predicted molar refractivity (Wildman–Crippen MR) is 58.3 cm³/mol. The first-order chi connectivity index (χ1) is 9.22. The van der Waals surface area contributed by atoms with Gasteiger partial charge in [-0.05, 0) is 19.4 Å². The van der Waals surface area contributed by atoms with Crippen molar-refractivity contribution in [2.24, 2.45) is 0 Å². The topological polar surface area (TPSA) is 41.6 Å². The van der Waals surface area contributed by atoms with E-state index in [1.54, 1.807) is 5.32 Å². The molecule has 2 rings (SSSR count). The van der Waals surface area contributed by atoms with Crippen LogP contribution in [0.25, 0.3) is 0 Å². The number of amides is 1. The van der Waals surface area contributed by atoms with Crippen LogP contribution < -0.4 is 5.32 Å². The Bertz CT molecular complexity index is 374. The zero-order chi connectivity index (χ0) is 15.0. The molecule has 0 aromatic rings. The molecule has 0 radical (unpaired) electrons. The zero-order valence-corrected chi connectivity index (χ0v) is 10.6. The van der Waals surface area contributed by atoms with Crippen LogP contribution >= 0.6 is 0 Å². The van der Waals surface area contributed by atoms with Gasteiger partial charge >= 0.3 is 12.1 Å². The van der Waals surface area contributed by atoms with Gasteiger partial charge in [0.15, 0.2) is 0 Å². The molecule has 9 heteroatoms. The van der Waals surface area contributed by atoms with Gasteiger partial charge in [-0.25, -0.2) is 0 Å². The molecule has 0 spiro atoms. The van der Waals surface area contributed by atoms with E-state index in [1.165, 1.54) is 0 Å². The molecule has 0 saturated carbocycles. The van der Waals surface area contributed by atoms with E-state index in [0.29, 0.717) is 19.2 Å². The van der Waals surface area contributed by atoms with E-state index < -0.39 is 24.1 Å². The van der Waals surface area contributed by atoms with Crippen LogP contribution in [0.2, 0.25) is 0 Å². The minimum atomic E-state index is -5.88. The number of hydrogen-bond donors (Lipinski definition) is 1. The number of fused-ring (bicyclic) bond motifs is 1. The predicted octanol–water partition coefficient (Wildman–Crippen LogP) is 1.16. The van der Waals surface area contributed by atoms with Crippen LogP contribution in [0.1, 0.15) is 12.8 Å². The Hall–Kier alpha value is -0.960. The van der Waals surface area contributed by atoms with Gasteiger partial charge in [-0.1, -0.05) is 0 Å². The molecule has 2 aliphatic heterocycles. The van der Waals surface area contributed by atoms with Crippen LogP contribution in [-0.2, 0) is 9.53 Å². The summed E-state index contributed by atoms with van der Waals surface area (Å²) in [7, 11) is 0. The van der Waals surface area contributed by atoms with Crippen LogP contribution in [0, 0.1) is 0 Å². The molecule has 0 aliphatic carbocycles. The molecule has 2 atom stereocenters. The number of carbonyl (C=O) groups is 1. The van der Waals surface area contributed by atoms with Crippen molar-refractivity contribution in [1.82, 2.24) is 10.2 Å². The molecule has 2 unspecified atom stereocenters. The minimum Gasteiger partial charge on any atom is -0.373 e. The molecule has 1 N–H and O–H groups in total. The fraction of sp³-hybridized carbons (Fsp3) is 0.909.